The summed E-state index contributed by atoms with van der Waals surface area (Å²) >= 11 is 0. The van der Waals surface area contributed by atoms with Gasteiger partial charge in [0.1, 0.15) is 16.4 Å². The van der Waals surface area contributed by atoms with Crippen LogP contribution in [0.5, 0.6) is 11.5 Å². The Balaban J connectivity index is 1.66. The van der Waals surface area contributed by atoms with Gasteiger partial charge in [-0.05, 0) is 68.1 Å². The second-order valence-electron chi connectivity index (χ2n) is 9.26. The molecule has 1 atom stereocenters. The maximum Gasteiger partial charge on any atom is 0.262 e. The van der Waals surface area contributed by atoms with E-state index in [9.17, 15) is 23.4 Å². The SMILES string of the molecule is COCCN(C)S(=O)(=O)c1cnc(-c2ccc3c(c2)CC[C@H](C)N3C(=O)c2ccc(O)cc2O)c(C)c1. The lowest BCUT2D eigenvalue weighted by atomic mass is 9.92. The monoisotopic (exact) mass is 525 g/mol. The first kappa shape index (κ1) is 26.6. The highest BCUT2D eigenvalue weighted by Gasteiger charge is 2.31. The van der Waals surface area contributed by atoms with Crippen LogP contribution in [0.2, 0.25) is 0 Å². The van der Waals surface area contributed by atoms with Crippen molar-refractivity contribution in [1.82, 2.24) is 9.29 Å². The molecule has 37 heavy (non-hydrogen) atoms. The van der Waals surface area contributed by atoms with Crippen molar-refractivity contribution < 1.29 is 28.2 Å². The van der Waals surface area contributed by atoms with E-state index in [0.717, 1.165) is 35.7 Å². The fraction of sp³-hybridized carbons (Fsp3) is 0.333. The number of likely N-dealkylation sites (N-methyl/N-ethyl adjacent to an activating group) is 1. The molecule has 1 amide bonds. The fourth-order valence-corrected chi connectivity index (χ4v) is 5.74. The minimum absolute atomic E-state index is 0.0847. The predicted octanol–water partition coefficient (Wildman–Crippen LogP) is 3.72. The molecule has 0 saturated carbocycles. The molecule has 4 rings (SSSR count). The number of carbonyl (C=O) groups excluding carboxylic acids is 1. The lowest BCUT2D eigenvalue weighted by Crippen LogP contribution is -2.42. The number of aryl methyl sites for hydroxylation is 2. The van der Waals surface area contributed by atoms with Crippen LogP contribution in [0.4, 0.5) is 5.69 Å². The van der Waals surface area contributed by atoms with Crippen LogP contribution in [0.1, 0.15) is 34.8 Å². The molecular weight excluding hydrogens is 494 g/mol. The number of benzene rings is 2. The average Bonchev–Trinajstić information content (AvgIpc) is 2.86. The number of nitrogens with zero attached hydrogens (tertiary/aromatic N) is 3. The molecule has 0 unspecified atom stereocenters. The molecule has 1 aromatic heterocycles. The summed E-state index contributed by atoms with van der Waals surface area (Å²) in [5, 5.41) is 19.8. The van der Waals surface area contributed by atoms with Crippen LogP contribution < -0.4 is 4.90 Å². The Bertz CT molecular complexity index is 1440. The van der Waals surface area contributed by atoms with Gasteiger partial charge in [0.15, 0.2) is 0 Å². The van der Waals surface area contributed by atoms with Crippen LogP contribution in [0.15, 0.2) is 53.6 Å². The lowest BCUT2D eigenvalue weighted by molar-refractivity contribution is 0.0972. The maximum absolute atomic E-state index is 13.4. The molecule has 1 aliphatic rings. The minimum Gasteiger partial charge on any atom is -0.508 e. The number of hydrogen-bond acceptors (Lipinski definition) is 7. The fourth-order valence-electron chi connectivity index (χ4n) is 4.55. The van der Waals surface area contributed by atoms with Crippen LogP contribution in [0.3, 0.4) is 0 Å². The van der Waals surface area contributed by atoms with Crippen molar-refractivity contribution in [2.75, 3.05) is 32.2 Å². The first-order chi connectivity index (χ1) is 17.5. The number of phenols is 2. The summed E-state index contributed by atoms with van der Waals surface area (Å²) in [4.78, 5) is 19.6. The summed E-state index contributed by atoms with van der Waals surface area (Å²) in [6.45, 7) is 4.31. The Labute approximate surface area is 217 Å². The van der Waals surface area contributed by atoms with E-state index in [2.05, 4.69) is 4.98 Å². The average molecular weight is 526 g/mol. The number of phenolic OH excluding ortho intramolecular Hbond substituents is 2. The van der Waals surface area contributed by atoms with Crippen LogP contribution in [-0.4, -0.2) is 67.2 Å². The zero-order valence-electron chi connectivity index (χ0n) is 21.3. The number of carbonyl (C=O) groups is 1. The van der Waals surface area contributed by atoms with Gasteiger partial charge in [-0.15, -0.1) is 0 Å². The number of ether oxygens (including phenoxy) is 1. The number of hydrogen-bond donors (Lipinski definition) is 2. The summed E-state index contributed by atoms with van der Waals surface area (Å²) in [6.07, 6.45) is 2.86. The first-order valence-electron chi connectivity index (χ1n) is 12.0. The van der Waals surface area contributed by atoms with Gasteiger partial charge in [-0.1, -0.05) is 6.07 Å². The van der Waals surface area contributed by atoms with Crippen LogP contribution in [-0.2, 0) is 21.2 Å². The number of aromatic hydroxyl groups is 2. The van der Waals surface area contributed by atoms with E-state index in [1.54, 1.807) is 11.0 Å². The normalized spacial score (nSPS) is 15.6. The number of aromatic nitrogens is 1. The van der Waals surface area contributed by atoms with Crippen molar-refractivity contribution in [3.63, 3.8) is 0 Å². The van der Waals surface area contributed by atoms with Gasteiger partial charge in [0.05, 0.1) is 17.9 Å². The molecule has 0 aliphatic carbocycles. The second kappa shape index (κ2) is 10.5. The van der Waals surface area contributed by atoms with Crippen molar-refractivity contribution in [2.45, 2.75) is 37.6 Å². The molecule has 9 nitrogen and oxygen atoms in total. The third-order valence-electron chi connectivity index (χ3n) is 6.69. The van der Waals surface area contributed by atoms with Gasteiger partial charge in [-0.25, -0.2) is 8.42 Å². The number of amides is 1. The smallest absolute Gasteiger partial charge is 0.262 e. The molecule has 0 spiro atoms. The van der Waals surface area contributed by atoms with Crippen LogP contribution in [0, 0.1) is 6.92 Å². The van der Waals surface area contributed by atoms with Gasteiger partial charge in [-0.2, -0.15) is 4.31 Å². The van der Waals surface area contributed by atoms with Gasteiger partial charge in [0.2, 0.25) is 10.0 Å². The van der Waals surface area contributed by atoms with Crippen molar-refractivity contribution in [2.24, 2.45) is 0 Å². The van der Waals surface area contributed by atoms with Crippen molar-refractivity contribution >= 4 is 21.6 Å². The Morgan fingerprint density at radius 2 is 1.95 bits per heavy atom. The Hall–Kier alpha value is -3.47. The van der Waals surface area contributed by atoms with Gasteiger partial charge in [0, 0.05) is 50.3 Å². The summed E-state index contributed by atoms with van der Waals surface area (Å²) in [7, 11) is -0.665. The van der Waals surface area contributed by atoms with Crippen LogP contribution >= 0.6 is 0 Å². The Morgan fingerprint density at radius 1 is 1.19 bits per heavy atom. The molecule has 10 heteroatoms. The zero-order valence-corrected chi connectivity index (χ0v) is 22.1. The number of fused-ring (bicyclic) bond motifs is 1. The topological polar surface area (TPSA) is 120 Å². The summed E-state index contributed by atoms with van der Waals surface area (Å²) in [5.41, 5.74) is 4.02. The largest absolute Gasteiger partial charge is 0.508 e. The molecular formula is C27H31N3O6S. The molecule has 0 bridgehead atoms. The number of rotatable bonds is 7. The number of sulfonamides is 1. The quantitative estimate of drug-likeness (QED) is 0.482. The van der Waals surface area contributed by atoms with E-state index in [0.29, 0.717) is 17.9 Å². The third kappa shape index (κ3) is 5.18. The van der Waals surface area contributed by atoms with Crippen molar-refractivity contribution in [1.29, 1.82) is 0 Å². The minimum atomic E-state index is -3.69. The Morgan fingerprint density at radius 3 is 2.62 bits per heavy atom. The summed E-state index contributed by atoms with van der Waals surface area (Å²) in [6, 6.07) is 11.2. The second-order valence-corrected chi connectivity index (χ2v) is 11.3. The predicted molar refractivity (Wildman–Crippen MR) is 140 cm³/mol. The van der Waals surface area contributed by atoms with Gasteiger partial charge in [0.25, 0.3) is 5.91 Å². The first-order valence-corrected chi connectivity index (χ1v) is 13.4. The summed E-state index contributed by atoms with van der Waals surface area (Å²) < 4.78 is 32.0. The molecule has 2 heterocycles. The molecule has 0 fully saturated rings. The molecule has 1 aliphatic heterocycles. The Kier molecular flexibility index (Phi) is 7.54. The van der Waals surface area contributed by atoms with E-state index in [1.165, 1.54) is 36.8 Å². The van der Waals surface area contributed by atoms with Crippen molar-refractivity contribution in [3.8, 4) is 22.8 Å². The van der Waals surface area contributed by atoms with E-state index in [1.807, 2.05) is 32.0 Å². The van der Waals surface area contributed by atoms with E-state index in [-0.39, 0.29) is 40.5 Å². The number of pyridine rings is 1. The molecule has 196 valence electrons. The highest BCUT2D eigenvalue weighted by molar-refractivity contribution is 7.89. The van der Waals surface area contributed by atoms with Crippen LogP contribution in [0.25, 0.3) is 11.3 Å². The highest BCUT2D eigenvalue weighted by Crippen LogP contribution is 2.37. The van der Waals surface area contributed by atoms with E-state index in [4.69, 9.17) is 4.74 Å². The number of methoxy groups -OCH3 is 1. The zero-order chi connectivity index (χ0) is 26.9. The third-order valence-corrected chi connectivity index (χ3v) is 8.51. The molecule has 0 saturated heterocycles. The molecule has 2 N–H and O–H groups in total. The van der Waals surface area contributed by atoms with Gasteiger partial charge < -0.3 is 19.8 Å². The van der Waals surface area contributed by atoms with Gasteiger partial charge in [-0.3, -0.25) is 9.78 Å². The van der Waals surface area contributed by atoms with E-state index < -0.39 is 10.0 Å². The highest BCUT2D eigenvalue weighted by atomic mass is 32.2. The number of anilines is 1. The lowest BCUT2D eigenvalue weighted by Gasteiger charge is -2.35. The van der Waals surface area contributed by atoms with Gasteiger partial charge >= 0.3 is 0 Å². The standard InChI is InChI=1S/C27H31N3O6S/c1-17-13-22(37(34,35)29(3)11-12-36-4)16-28-26(17)20-7-10-24-19(14-20)6-5-18(2)30(24)27(33)23-9-8-21(31)15-25(23)32/h7-10,13-16,18,31-32H,5-6,11-12H2,1-4H3/t18-/m0/s1. The van der Waals surface area contributed by atoms with E-state index >= 15 is 0 Å². The molecule has 0 radical (unpaired) electrons. The molecule has 2 aromatic carbocycles. The maximum atomic E-state index is 13.4. The summed E-state index contributed by atoms with van der Waals surface area (Å²) in [5.74, 6) is -0.738. The van der Waals surface area contributed by atoms with Crippen molar-refractivity contribution in [3.05, 3.63) is 65.4 Å². The molecule has 3 aromatic rings.